The Labute approximate surface area is 192 Å². The summed E-state index contributed by atoms with van der Waals surface area (Å²) in [5.74, 6) is 0.909. The van der Waals surface area contributed by atoms with E-state index < -0.39 is 12.6 Å². The highest BCUT2D eigenvalue weighted by Crippen LogP contribution is 2.35. The lowest BCUT2D eigenvalue weighted by Crippen LogP contribution is -2.28. The zero-order chi connectivity index (χ0) is 24.4. The number of rotatable bonds is 8. The number of aryl methyl sites for hydroxylation is 1. The predicted molar refractivity (Wildman–Crippen MR) is 124 cm³/mol. The first-order valence-electron chi connectivity index (χ1n) is 10.7. The summed E-state index contributed by atoms with van der Waals surface area (Å²) in [6.07, 6.45) is -1.68. The standard InChI is InChI=1S/C23H29F3N4O.CH2O/c1-15-11-20(29-16(2)13-27)22(28-14-15)30-21(19-7-9-31-10-8-19)18-5-3-17(4-6-18)12-23(24,25)26;1-2/h3-6,11,14,19,21,29H,2,7-10,12-13,27H2,1H3,(H,28,30);1H2. The van der Waals surface area contributed by atoms with Gasteiger partial charge in [0.25, 0.3) is 0 Å². The number of aromatic nitrogens is 1. The van der Waals surface area contributed by atoms with Gasteiger partial charge in [-0.15, -0.1) is 0 Å². The van der Waals surface area contributed by atoms with Crippen molar-refractivity contribution in [3.63, 3.8) is 0 Å². The van der Waals surface area contributed by atoms with Crippen molar-refractivity contribution in [1.82, 2.24) is 4.98 Å². The van der Waals surface area contributed by atoms with E-state index in [0.717, 1.165) is 29.7 Å². The van der Waals surface area contributed by atoms with Gasteiger partial charge in [-0.25, -0.2) is 4.98 Å². The Morgan fingerprint density at radius 3 is 2.45 bits per heavy atom. The van der Waals surface area contributed by atoms with E-state index in [0.29, 0.717) is 24.7 Å². The molecule has 1 aliphatic rings. The zero-order valence-corrected chi connectivity index (χ0v) is 18.8. The maximum atomic E-state index is 12.7. The Balaban J connectivity index is 0.00000187. The highest BCUT2D eigenvalue weighted by Gasteiger charge is 2.29. The highest BCUT2D eigenvalue weighted by atomic mass is 19.4. The summed E-state index contributed by atoms with van der Waals surface area (Å²) in [4.78, 5) is 12.6. The fraction of sp³-hybridized carbons (Fsp3) is 0.417. The smallest absolute Gasteiger partial charge is 0.381 e. The van der Waals surface area contributed by atoms with Crippen LogP contribution >= 0.6 is 0 Å². The molecule has 1 unspecified atom stereocenters. The molecule has 1 aromatic heterocycles. The number of benzene rings is 1. The first-order valence-corrected chi connectivity index (χ1v) is 10.7. The van der Waals surface area contributed by atoms with Gasteiger partial charge in [0.05, 0.1) is 18.2 Å². The molecule has 33 heavy (non-hydrogen) atoms. The van der Waals surface area contributed by atoms with Crippen LogP contribution in [0.15, 0.2) is 48.8 Å². The van der Waals surface area contributed by atoms with Gasteiger partial charge in [0.1, 0.15) is 12.6 Å². The Morgan fingerprint density at radius 2 is 1.88 bits per heavy atom. The third-order valence-electron chi connectivity index (χ3n) is 5.36. The van der Waals surface area contributed by atoms with Crippen LogP contribution in [-0.2, 0) is 16.0 Å². The van der Waals surface area contributed by atoms with Crippen LogP contribution in [0.3, 0.4) is 0 Å². The van der Waals surface area contributed by atoms with Crippen LogP contribution in [0.1, 0.15) is 35.6 Å². The summed E-state index contributed by atoms with van der Waals surface area (Å²) in [7, 11) is 0. The Morgan fingerprint density at radius 1 is 1.24 bits per heavy atom. The molecular formula is C24H31F3N4O2. The maximum Gasteiger partial charge on any atom is 0.393 e. The van der Waals surface area contributed by atoms with E-state index in [1.54, 1.807) is 30.5 Å². The molecule has 6 nitrogen and oxygen atoms in total. The molecule has 0 saturated carbocycles. The van der Waals surface area contributed by atoms with Gasteiger partial charge < -0.3 is 25.9 Å². The number of nitrogens with zero attached hydrogens (tertiary/aromatic N) is 1. The van der Waals surface area contributed by atoms with E-state index in [4.69, 9.17) is 15.3 Å². The molecule has 1 fully saturated rings. The fourth-order valence-corrected chi connectivity index (χ4v) is 3.77. The van der Waals surface area contributed by atoms with Crippen LogP contribution in [0.5, 0.6) is 0 Å². The first-order chi connectivity index (χ1) is 15.7. The molecule has 1 aromatic carbocycles. The molecule has 180 valence electrons. The van der Waals surface area contributed by atoms with Crippen molar-refractivity contribution in [3.05, 3.63) is 65.5 Å². The number of anilines is 2. The minimum Gasteiger partial charge on any atom is -0.381 e. The lowest BCUT2D eigenvalue weighted by atomic mass is 9.86. The SMILES string of the molecule is C=C(CN)Nc1cc(C)cnc1NC(c1ccc(CC(F)(F)F)cc1)C1CCOCC1.C=O. The van der Waals surface area contributed by atoms with E-state index in [2.05, 4.69) is 22.2 Å². The van der Waals surface area contributed by atoms with Gasteiger partial charge in [-0.05, 0) is 48.4 Å². The lowest BCUT2D eigenvalue weighted by molar-refractivity contribution is -0.127. The summed E-state index contributed by atoms with van der Waals surface area (Å²) >= 11 is 0. The van der Waals surface area contributed by atoms with Crippen LogP contribution in [0.25, 0.3) is 0 Å². The van der Waals surface area contributed by atoms with Crippen LogP contribution in [0, 0.1) is 12.8 Å². The van der Waals surface area contributed by atoms with Gasteiger partial charge in [-0.1, -0.05) is 30.8 Å². The van der Waals surface area contributed by atoms with Gasteiger partial charge >= 0.3 is 6.18 Å². The van der Waals surface area contributed by atoms with Gasteiger partial charge in [-0.2, -0.15) is 13.2 Å². The summed E-state index contributed by atoms with van der Waals surface area (Å²) in [5.41, 5.74) is 9.26. The van der Waals surface area contributed by atoms with E-state index >= 15 is 0 Å². The van der Waals surface area contributed by atoms with Crippen molar-refractivity contribution in [2.24, 2.45) is 11.7 Å². The predicted octanol–water partition coefficient (Wildman–Crippen LogP) is 4.77. The zero-order valence-electron chi connectivity index (χ0n) is 18.8. The molecule has 0 bridgehead atoms. The van der Waals surface area contributed by atoms with Gasteiger partial charge in [0, 0.05) is 31.7 Å². The largest absolute Gasteiger partial charge is 0.393 e. The number of carbonyl (C=O) groups is 1. The number of alkyl halides is 3. The number of hydrogen-bond acceptors (Lipinski definition) is 6. The average Bonchev–Trinajstić information content (AvgIpc) is 2.80. The van der Waals surface area contributed by atoms with E-state index in [-0.39, 0.29) is 24.1 Å². The normalized spacial score (nSPS) is 15.2. The molecule has 0 aliphatic carbocycles. The second-order valence-corrected chi connectivity index (χ2v) is 7.95. The molecule has 1 atom stereocenters. The number of halogens is 3. The minimum atomic E-state index is -4.22. The van der Waals surface area contributed by atoms with Crippen molar-refractivity contribution in [1.29, 1.82) is 0 Å². The summed E-state index contributed by atoms with van der Waals surface area (Å²) in [5, 5.41) is 6.73. The number of ether oxygens (including phenoxy) is 1. The summed E-state index contributed by atoms with van der Waals surface area (Å²) in [6, 6.07) is 8.49. The van der Waals surface area contributed by atoms with Crippen LogP contribution in [0.2, 0.25) is 0 Å². The van der Waals surface area contributed by atoms with Gasteiger partial charge in [0.15, 0.2) is 0 Å². The van der Waals surface area contributed by atoms with Crippen molar-refractivity contribution in [2.75, 3.05) is 30.4 Å². The number of carbonyl (C=O) groups excluding carboxylic acids is 1. The molecular weight excluding hydrogens is 433 g/mol. The number of pyridine rings is 1. The molecule has 0 spiro atoms. The fourth-order valence-electron chi connectivity index (χ4n) is 3.77. The van der Waals surface area contributed by atoms with E-state index in [1.165, 1.54) is 0 Å². The molecule has 3 rings (SSSR count). The second-order valence-electron chi connectivity index (χ2n) is 7.95. The van der Waals surface area contributed by atoms with Crippen molar-refractivity contribution in [3.8, 4) is 0 Å². The second kappa shape index (κ2) is 12.4. The van der Waals surface area contributed by atoms with Gasteiger partial charge in [-0.3, -0.25) is 0 Å². The third kappa shape index (κ3) is 8.18. The molecule has 2 aromatic rings. The molecule has 0 radical (unpaired) electrons. The van der Waals surface area contributed by atoms with Crippen molar-refractivity contribution in [2.45, 2.75) is 38.4 Å². The Hall–Kier alpha value is -2.91. The summed E-state index contributed by atoms with van der Waals surface area (Å²) in [6.45, 7) is 9.46. The van der Waals surface area contributed by atoms with E-state index in [1.807, 2.05) is 19.8 Å². The molecule has 1 saturated heterocycles. The Bertz CT molecular complexity index is 898. The number of nitrogens with one attached hydrogen (secondary N) is 2. The topological polar surface area (TPSA) is 89.3 Å². The maximum absolute atomic E-state index is 12.7. The average molecular weight is 465 g/mol. The van der Waals surface area contributed by atoms with Gasteiger partial charge in [0.2, 0.25) is 0 Å². The molecule has 2 heterocycles. The highest BCUT2D eigenvalue weighted by molar-refractivity contribution is 5.68. The van der Waals surface area contributed by atoms with Crippen LogP contribution in [-0.4, -0.2) is 37.7 Å². The Kier molecular flexibility index (Phi) is 9.87. The quantitative estimate of drug-likeness (QED) is 0.521. The third-order valence-corrected chi connectivity index (χ3v) is 5.36. The molecule has 1 aliphatic heterocycles. The van der Waals surface area contributed by atoms with Crippen molar-refractivity contribution < 1.29 is 22.7 Å². The molecule has 4 N–H and O–H groups in total. The van der Waals surface area contributed by atoms with Crippen molar-refractivity contribution >= 4 is 18.3 Å². The lowest BCUT2D eigenvalue weighted by Gasteiger charge is -2.32. The monoisotopic (exact) mass is 464 g/mol. The van der Waals surface area contributed by atoms with Crippen LogP contribution in [0.4, 0.5) is 24.7 Å². The van der Waals surface area contributed by atoms with E-state index in [9.17, 15) is 13.2 Å². The first kappa shape index (κ1) is 26.3. The summed E-state index contributed by atoms with van der Waals surface area (Å²) < 4.78 is 43.7. The molecule has 9 heteroatoms. The number of hydrogen-bond donors (Lipinski definition) is 3. The number of nitrogens with two attached hydrogens (primary N) is 1. The van der Waals surface area contributed by atoms with Crippen LogP contribution < -0.4 is 16.4 Å². The minimum absolute atomic E-state index is 0.120. The molecule has 0 amide bonds.